The molecule has 0 spiro atoms. The lowest BCUT2D eigenvalue weighted by Crippen LogP contribution is -2.37. The molecule has 1 heterocycles. The summed E-state index contributed by atoms with van der Waals surface area (Å²) in [6.07, 6.45) is 2.63. The first kappa shape index (κ1) is 13.5. The van der Waals surface area contributed by atoms with E-state index in [1.54, 1.807) is 0 Å². The molecule has 2 N–H and O–H groups in total. The van der Waals surface area contributed by atoms with Crippen molar-refractivity contribution in [3.8, 4) is 0 Å². The van der Waals surface area contributed by atoms with Crippen LogP contribution in [0, 0.1) is 0 Å². The van der Waals surface area contributed by atoms with Gasteiger partial charge in [-0.1, -0.05) is 30.3 Å². The molecule has 2 rings (SSSR count). The summed E-state index contributed by atoms with van der Waals surface area (Å²) in [6, 6.07) is 10.9. The molecule has 1 saturated heterocycles. The molecular weight excluding hydrogens is 220 g/mol. The number of nitrogens with zero attached hydrogens (tertiary/aromatic N) is 1. The van der Waals surface area contributed by atoms with Gasteiger partial charge in [-0.15, -0.1) is 12.4 Å². The van der Waals surface area contributed by atoms with Crippen LogP contribution in [0.3, 0.4) is 0 Å². The topological polar surface area (TPSA) is 29.3 Å². The van der Waals surface area contributed by atoms with Gasteiger partial charge >= 0.3 is 0 Å². The Morgan fingerprint density at radius 2 is 2.00 bits per heavy atom. The average Bonchev–Trinajstić information content (AvgIpc) is 2.31. The summed E-state index contributed by atoms with van der Waals surface area (Å²) >= 11 is 0. The van der Waals surface area contributed by atoms with Crippen LogP contribution in [-0.4, -0.2) is 31.1 Å². The van der Waals surface area contributed by atoms with E-state index in [2.05, 4.69) is 35.2 Å². The van der Waals surface area contributed by atoms with Gasteiger partial charge in [0.05, 0.1) is 0 Å². The standard InChI is InChI=1S/C13H20N2.ClH/c14-8-10-15-9-4-7-13(11-15)12-5-2-1-3-6-12;/h1-3,5-6,13H,4,7-11,14H2;1H. The largest absolute Gasteiger partial charge is 0.329 e. The molecular formula is C13H21ClN2. The third-order valence-electron chi connectivity index (χ3n) is 3.22. The van der Waals surface area contributed by atoms with Crippen molar-refractivity contribution < 1.29 is 0 Å². The third kappa shape index (κ3) is 3.48. The minimum absolute atomic E-state index is 0. The Balaban J connectivity index is 0.00000128. The molecule has 0 amide bonds. The predicted octanol–water partition coefficient (Wildman–Crippen LogP) is 2.25. The highest BCUT2D eigenvalue weighted by atomic mass is 35.5. The highest BCUT2D eigenvalue weighted by Gasteiger charge is 2.20. The molecule has 1 unspecified atom stereocenters. The van der Waals surface area contributed by atoms with Gasteiger partial charge in [0.1, 0.15) is 0 Å². The van der Waals surface area contributed by atoms with Crippen LogP contribution in [0.25, 0.3) is 0 Å². The Morgan fingerprint density at radius 3 is 2.69 bits per heavy atom. The van der Waals surface area contributed by atoms with E-state index >= 15 is 0 Å². The molecule has 3 heteroatoms. The SMILES string of the molecule is Cl.NCCN1CCCC(c2ccccc2)C1. The van der Waals surface area contributed by atoms with Crippen LogP contribution in [0.15, 0.2) is 30.3 Å². The van der Waals surface area contributed by atoms with Crippen LogP contribution >= 0.6 is 12.4 Å². The molecule has 1 fully saturated rings. The third-order valence-corrected chi connectivity index (χ3v) is 3.22. The average molecular weight is 241 g/mol. The van der Waals surface area contributed by atoms with E-state index in [4.69, 9.17) is 5.73 Å². The zero-order valence-corrected chi connectivity index (χ0v) is 10.5. The second kappa shape index (κ2) is 6.89. The molecule has 16 heavy (non-hydrogen) atoms. The molecule has 1 aliphatic rings. The summed E-state index contributed by atoms with van der Waals surface area (Å²) in [4.78, 5) is 2.49. The summed E-state index contributed by atoms with van der Waals surface area (Å²) in [6.45, 7) is 4.23. The van der Waals surface area contributed by atoms with E-state index in [9.17, 15) is 0 Å². The van der Waals surface area contributed by atoms with E-state index < -0.39 is 0 Å². The normalized spacial score (nSPS) is 21.4. The second-order valence-corrected chi connectivity index (χ2v) is 4.34. The predicted molar refractivity (Wildman–Crippen MR) is 71.2 cm³/mol. The fourth-order valence-electron chi connectivity index (χ4n) is 2.44. The first-order chi connectivity index (χ1) is 7.40. The van der Waals surface area contributed by atoms with Crippen LogP contribution in [0.5, 0.6) is 0 Å². The van der Waals surface area contributed by atoms with Crippen LogP contribution < -0.4 is 5.73 Å². The number of rotatable bonds is 3. The number of hydrogen-bond acceptors (Lipinski definition) is 2. The van der Waals surface area contributed by atoms with Crippen LogP contribution in [0.4, 0.5) is 0 Å². The smallest absolute Gasteiger partial charge is 0.0105 e. The van der Waals surface area contributed by atoms with Gasteiger partial charge in [-0.3, -0.25) is 0 Å². The van der Waals surface area contributed by atoms with Gasteiger partial charge in [0.2, 0.25) is 0 Å². The molecule has 1 aromatic carbocycles. The fourth-order valence-corrected chi connectivity index (χ4v) is 2.44. The number of likely N-dealkylation sites (tertiary alicyclic amines) is 1. The lowest BCUT2D eigenvalue weighted by Gasteiger charge is -2.32. The molecule has 90 valence electrons. The van der Waals surface area contributed by atoms with Gasteiger partial charge < -0.3 is 10.6 Å². The van der Waals surface area contributed by atoms with Gasteiger partial charge in [0.15, 0.2) is 0 Å². The Morgan fingerprint density at radius 1 is 1.25 bits per heavy atom. The molecule has 1 aliphatic heterocycles. The summed E-state index contributed by atoms with van der Waals surface area (Å²) in [7, 11) is 0. The van der Waals surface area contributed by atoms with Crippen molar-refractivity contribution >= 4 is 12.4 Å². The minimum Gasteiger partial charge on any atom is -0.329 e. The van der Waals surface area contributed by atoms with Gasteiger partial charge in [0, 0.05) is 19.6 Å². The van der Waals surface area contributed by atoms with Crippen molar-refractivity contribution in [2.24, 2.45) is 5.73 Å². The molecule has 0 aromatic heterocycles. The number of halogens is 1. The number of piperidine rings is 1. The van der Waals surface area contributed by atoms with Gasteiger partial charge in [0.25, 0.3) is 0 Å². The fraction of sp³-hybridized carbons (Fsp3) is 0.538. The van der Waals surface area contributed by atoms with Crippen molar-refractivity contribution in [3.05, 3.63) is 35.9 Å². The van der Waals surface area contributed by atoms with Crippen molar-refractivity contribution in [1.82, 2.24) is 4.90 Å². The van der Waals surface area contributed by atoms with E-state index in [1.165, 1.54) is 31.5 Å². The van der Waals surface area contributed by atoms with Gasteiger partial charge in [-0.25, -0.2) is 0 Å². The van der Waals surface area contributed by atoms with Gasteiger partial charge in [-0.2, -0.15) is 0 Å². The summed E-state index contributed by atoms with van der Waals surface area (Å²) in [5.41, 5.74) is 7.09. The molecule has 1 aromatic rings. The second-order valence-electron chi connectivity index (χ2n) is 4.34. The Hall–Kier alpha value is -0.570. The number of benzene rings is 1. The van der Waals surface area contributed by atoms with Crippen molar-refractivity contribution in [2.75, 3.05) is 26.2 Å². The van der Waals surface area contributed by atoms with Gasteiger partial charge in [-0.05, 0) is 30.9 Å². The molecule has 0 bridgehead atoms. The zero-order chi connectivity index (χ0) is 10.5. The highest BCUT2D eigenvalue weighted by molar-refractivity contribution is 5.85. The Kier molecular flexibility index (Phi) is 5.81. The van der Waals surface area contributed by atoms with Crippen molar-refractivity contribution in [1.29, 1.82) is 0 Å². The summed E-state index contributed by atoms with van der Waals surface area (Å²) in [5, 5.41) is 0. The van der Waals surface area contributed by atoms with E-state index in [1.807, 2.05) is 0 Å². The monoisotopic (exact) mass is 240 g/mol. The minimum atomic E-state index is 0. The molecule has 0 aliphatic carbocycles. The summed E-state index contributed by atoms with van der Waals surface area (Å²) in [5.74, 6) is 0.714. The van der Waals surface area contributed by atoms with Crippen molar-refractivity contribution in [2.45, 2.75) is 18.8 Å². The first-order valence-electron chi connectivity index (χ1n) is 5.87. The number of nitrogens with two attached hydrogens (primary N) is 1. The molecule has 2 nitrogen and oxygen atoms in total. The molecule has 1 atom stereocenters. The van der Waals surface area contributed by atoms with Crippen LogP contribution in [-0.2, 0) is 0 Å². The number of hydrogen-bond donors (Lipinski definition) is 1. The van der Waals surface area contributed by atoms with Crippen LogP contribution in [0.1, 0.15) is 24.3 Å². The maximum absolute atomic E-state index is 5.60. The first-order valence-corrected chi connectivity index (χ1v) is 5.87. The quantitative estimate of drug-likeness (QED) is 0.878. The molecule has 0 saturated carbocycles. The highest BCUT2D eigenvalue weighted by Crippen LogP contribution is 2.26. The van der Waals surface area contributed by atoms with E-state index in [-0.39, 0.29) is 12.4 Å². The lowest BCUT2D eigenvalue weighted by molar-refractivity contribution is 0.213. The lowest BCUT2D eigenvalue weighted by atomic mass is 9.91. The zero-order valence-electron chi connectivity index (χ0n) is 9.64. The van der Waals surface area contributed by atoms with E-state index in [0.717, 1.165) is 13.1 Å². The van der Waals surface area contributed by atoms with E-state index in [0.29, 0.717) is 5.92 Å². The Labute approximate surface area is 104 Å². The van der Waals surface area contributed by atoms with Crippen LogP contribution in [0.2, 0.25) is 0 Å². The molecule has 0 radical (unpaired) electrons. The maximum Gasteiger partial charge on any atom is 0.0105 e. The van der Waals surface area contributed by atoms with Crippen molar-refractivity contribution in [3.63, 3.8) is 0 Å². The summed E-state index contributed by atoms with van der Waals surface area (Å²) < 4.78 is 0. The maximum atomic E-state index is 5.60. The Bertz CT molecular complexity index is 287.